The standard InChI is InChI=1S/C15H27N3O2S/c1-15(2,3)17-8-9-18(4)14-7-6-13(16)10-12(14)11-21(5,19)20/h6-7,10,17H,8-9,11,16H2,1-5H3. The van der Waals surface area contributed by atoms with Crippen LogP contribution in [-0.2, 0) is 15.6 Å². The minimum Gasteiger partial charge on any atom is -0.399 e. The predicted octanol–water partition coefficient (Wildman–Crippen LogP) is 1.64. The Balaban J connectivity index is 2.86. The van der Waals surface area contributed by atoms with Crippen LogP contribution in [0.5, 0.6) is 0 Å². The SMILES string of the molecule is CN(CCNC(C)(C)C)c1ccc(N)cc1CS(C)(=O)=O. The van der Waals surface area contributed by atoms with Crippen molar-refractivity contribution in [3.05, 3.63) is 23.8 Å². The fraction of sp³-hybridized carbons (Fsp3) is 0.600. The summed E-state index contributed by atoms with van der Waals surface area (Å²) in [6, 6.07) is 5.42. The first kappa shape index (κ1) is 17.8. The van der Waals surface area contributed by atoms with Crippen molar-refractivity contribution in [2.24, 2.45) is 0 Å². The van der Waals surface area contributed by atoms with Gasteiger partial charge in [-0.05, 0) is 44.5 Å². The Morgan fingerprint density at radius 2 is 1.90 bits per heavy atom. The Bertz CT molecular complexity index is 577. The van der Waals surface area contributed by atoms with E-state index in [0.29, 0.717) is 5.69 Å². The van der Waals surface area contributed by atoms with Gasteiger partial charge >= 0.3 is 0 Å². The fourth-order valence-electron chi connectivity index (χ4n) is 2.09. The molecule has 1 rings (SSSR count). The second-order valence-corrected chi connectivity index (χ2v) is 8.70. The van der Waals surface area contributed by atoms with Gasteiger partial charge in [0, 0.05) is 43.3 Å². The van der Waals surface area contributed by atoms with Crippen LogP contribution in [0.1, 0.15) is 26.3 Å². The van der Waals surface area contributed by atoms with Gasteiger partial charge in [-0.3, -0.25) is 0 Å². The second-order valence-electron chi connectivity index (χ2n) is 6.56. The highest BCUT2D eigenvalue weighted by Gasteiger charge is 2.14. The highest BCUT2D eigenvalue weighted by Crippen LogP contribution is 2.24. The minimum atomic E-state index is -3.09. The number of sulfone groups is 1. The molecule has 120 valence electrons. The normalized spacial score (nSPS) is 12.4. The molecule has 3 N–H and O–H groups in total. The second kappa shape index (κ2) is 6.66. The van der Waals surface area contributed by atoms with E-state index in [-0.39, 0.29) is 11.3 Å². The van der Waals surface area contributed by atoms with E-state index in [9.17, 15) is 8.42 Å². The maximum absolute atomic E-state index is 11.6. The van der Waals surface area contributed by atoms with Gasteiger partial charge in [0.1, 0.15) is 0 Å². The van der Waals surface area contributed by atoms with Gasteiger partial charge in [0.15, 0.2) is 9.84 Å². The van der Waals surface area contributed by atoms with E-state index in [0.717, 1.165) is 24.3 Å². The Hall–Kier alpha value is -1.27. The van der Waals surface area contributed by atoms with Gasteiger partial charge in [-0.25, -0.2) is 8.42 Å². The molecule has 0 spiro atoms. The summed E-state index contributed by atoms with van der Waals surface area (Å²) in [4.78, 5) is 2.05. The van der Waals surface area contributed by atoms with Crippen molar-refractivity contribution in [2.75, 3.05) is 37.0 Å². The van der Waals surface area contributed by atoms with Crippen molar-refractivity contribution in [2.45, 2.75) is 32.1 Å². The van der Waals surface area contributed by atoms with Crippen LogP contribution >= 0.6 is 0 Å². The third-order valence-electron chi connectivity index (χ3n) is 3.04. The lowest BCUT2D eigenvalue weighted by molar-refractivity contribution is 0.431. The number of rotatable bonds is 6. The van der Waals surface area contributed by atoms with E-state index in [2.05, 4.69) is 31.0 Å². The highest BCUT2D eigenvalue weighted by molar-refractivity contribution is 7.89. The molecular weight excluding hydrogens is 286 g/mol. The fourth-order valence-corrected chi connectivity index (χ4v) is 2.89. The maximum Gasteiger partial charge on any atom is 0.151 e. The third kappa shape index (κ3) is 6.82. The molecule has 0 heterocycles. The smallest absolute Gasteiger partial charge is 0.151 e. The molecule has 21 heavy (non-hydrogen) atoms. The Labute approximate surface area is 128 Å². The van der Waals surface area contributed by atoms with Crippen LogP contribution in [0.2, 0.25) is 0 Å². The van der Waals surface area contributed by atoms with Crippen LogP contribution in [0.25, 0.3) is 0 Å². The molecule has 0 saturated carbocycles. The summed E-state index contributed by atoms with van der Waals surface area (Å²) in [6.07, 6.45) is 1.24. The molecule has 1 aromatic carbocycles. The monoisotopic (exact) mass is 313 g/mol. The summed E-state index contributed by atoms with van der Waals surface area (Å²) < 4.78 is 23.1. The Morgan fingerprint density at radius 3 is 2.43 bits per heavy atom. The van der Waals surface area contributed by atoms with Crippen LogP contribution in [-0.4, -0.2) is 40.3 Å². The summed E-state index contributed by atoms with van der Waals surface area (Å²) in [5, 5.41) is 3.42. The molecule has 0 aromatic heterocycles. The molecule has 6 heteroatoms. The van der Waals surface area contributed by atoms with Gasteiger partial charge in [0.05, 0.1) is 5.75 Å². The molecule has 0 aliphatic carbocycles. The van der Waals surface area contributed by atoms with E-state index in [1.165, 1.54) is 6.26 Å². The molecule has 0 bridgehead atoms. The topological polar surface area (TPSA) is 75.4 Å². The van der Waals surface area contributed by atoms with Crippen LogP contribution in [0.3, 0.4) is 0 Å². The Morgan fingerprint density at radius 1 is 1.29 bits per heavy atom. The van der Waals surface area contributed by atoms with Crippen LogP contribution in [0, 0.1) is 0 Å². The first-order valence-corrected chi connectivity index (χ1v) is 9.06. The average Bonchev–Trinajstić information content (AvgIpc) is 2.24. The summed E-state index contributed by atoms with van der Waals surface area (Å²) in [6.45, 7) is 7.96. The zero-order valence-electron chi connectivity index (χ0n) is 13.6. The molecule has 1 aromatic rings. The largest absolute Gasteiger partial charge is 0.399 e. The Kier molecular flexibility index (Phi) is 5.64. The quantitative estimate of drug-likeness (QED) is 0.781. The number of nitrogens with zero attached hydrogens (tertiary/aromatic N) is 1. The lowest BCUT2D eigenvalue weighted by atomic mass is 10.1. The molecule has 0 aliphatic rings. The molecule has 0 radical (unpaired) electrons. The average molecular weight is 313 g/mol. The minimum absolute atomic E-state index is 0.00438. The first-order valence-electron chi connectivity index (χ1n) is 7.00. The van der Waals surface area contributed by atoms with E-state index in [1.807, 2.05) is 13.1 Å². The summed E-state index contributed by atoms with van der Waals surface area (Å²) >= 11 is 0. The molecule has 0 amide bonds. The number of benzene rings is 1. The molecule has 0 aliphatic heterocycles. The molecule has 5 nitrogen and oxygen atoms in total. The van der Waals surface area contributed by atoms with Gasteiger partial charge < -0.3 is 16.0 Å². The molecule has 0 atom stereocenters. The lowest BCUT2D eigenvalue weighted by Gasteiger charge is -2.26. The van der Waals surface area contributed by atoms with Crippen LogP contribution in [0.4, 0.5) is 11.4 Å². The number of hydrogen-bond donors (Lipinski definition) is 2. The number of hydrogen-bond acceptors (Lipinski definition) is 5. The summed E-state index contributed by atoms with van der Waals surface area (Å²) in [7, 11) is -1.13. The van der Waals surface area contributed by atoms with E-state index < -0.39 is 9.84 Å². The van der Waals surface area contributed by atoms with Crippen LogP contribution in [0.15, 0.2) is 18.2 Å². The molecule has 0 unspecified atom stereocenters. The van der Waals surface area contributed by atoms with E-state index in [4.69, 9.17) is 5.73 Å². The number of anilines is 2. The number of nitrogens with one attached hydrogen (secondary N) is 1. The number of likely N-dealkylation sites (N-methyl/N-ethyl adjacent to an activating group) is 1. The number of nitrogen functional groups attached to an aromatic ring is 1. The molecule has 0 saturated heterocycles. The van der Waals surface area contributed by atoms with Gasteiger partial charge in [0.2, 0.25) is 0 Å². The van der Waals surface area contributed by atoms with Crippen molar-refractivity contribution >= 4 is 21.2 Å². The zero-order chi connectivity index (χ0) is 16.3. The van der Waals surface area contributed by atoms with Gasteiger partial charge in [0.25, 0.3) is 0 Å². The maximum atomic E-state index is 11.6. The first-order chi connectivity index (χ1) is 9.48. The van der Waals surface area contributed by atoms with Crippen LogP contribution < -0.4 is 16.0 Å². The van der Waals surface area contributed by atoms with Gasteiger partial charge in [-0.2, -0.15) is 0 Å². The van der Waals surface area contributed by atoms with Crippen molar-refractivity contribution in [1.82, 2.24) is 5.32 Å². The van der Waals surface area contributed by atoms with Gasteiger partial charge in [-0.15, -0.1) is 0 Å². The van der Waals surface area contributed by atoms with Crippen molar-refractivity contribution in [1.29, 1.82) is 0 Å². The summed E-state index contributed by atoms with van der Waals surface area (Å²) in [5.41, 5.74) is 8.08. The van der Waals surface area contributed by atoms with E-state index in [1.54, 1.807) is 12.1 Å². The van der Waals surface area contributed by atoms with Gasteiger partial charge in [-0.1, -0.05) is 0 Å². The zero-order valence-corrected chi connectivity index (χ0v) is 14.4. The predicted molar refractivity (Wildman–Crippen MR) is 90.4 cm³/mol. The van der Waals surface area contributed by atoms with Crippen molar-refractivity contribution < 1.29 is 8.42 Å². The molecule has 0 fully saturated rings. The van der Waals surface area contributed by atoms with E-state index >= 15 is 0 Å². The van der Waals surface area contributed by atoms with Crippen molar-refractivity contribution in [3.8, 4) is 0 Å². The summed E-state index contributed by atoms with van der Waals surface area (Å²) in [5.74, 6) is 0.00438. The highest BCUT2D eigenvalue weighted by atomic mass is 32.2. The number of nitrogens with two attached hydrogens (primary N) is 1. The third-order valence-corrected chi connectivity index (χ3v) is 3.87. The van der Waals surface area contributed by atoms with Crippen molar-refractivity contribution in [3.63, 3.8) is 0 Å². The lowest BCUT2D eigenvalue weighted by Crippen LogP contribution is -2.40. The molecular formula is C15H27N3O2S.